The second-order valence-electron chi connectivity index (χ2n) is 4.81. The fourth-order valence-electron chi connectivity index (χ4n) is 2.08. The third-order valence-electron chi connectivity index (χ3n) is 3.01. The van der Waals surface area contributed by atoms with Gasteiger partial charge in [0.1, 0.15) is 0 Å². The molecule has 4 nitrogen and oxygen atoms in total. The summed E-state index contributed by atoms with van der Waals surface area (Å²) in [6.45, 7) is 13.1. The molecular formula is C15H33NO3Si. The van der Waals surface area contributed by atoms with Gasteiger partial charge in [-0.3, -0.25) is 4.99 Å². The molecule has 0 heterocycles. The van der Waals surface area contributed by atoms with Gasteiger partial charge in [-0.25, -0.2) is 0 Å². The van der Waals surface area contributed by atoms with Crippen LogP contribution in [0.2, 0.25) is 6.04 Å². The van der Waals surface area contributed by atoms with Crippen molar-refractivity contribution in [3.63, 3.8) is 0 Å². The lowest BCUT2D eigenvalue weighted by Gasteiger charge is -2.28. The van der Waals surface area contributed by atoms with Gasteiger partial charge in [0.05, 0.1) is 0 Å². The first-order valence-corrected chi connectivity index (χ1v) is 9.99. The third-order valence-corrected chi connectivity index (χ3v) is 6.16. The standard InChI is InChI=1S/C15H33NO3Si/c1-6-10-12-15(5)16-13-11-14-20(17-7-2,18-8-3)19-9-4/h6-14H2,1-5H3/b16-15-. The van der Waals surface area contributed by atoms with Gasteiger partial charge in [-0.15, -0.1) is 0 Å². The number of hydrogen-bond donors (Lipinski definition) is 0. The van der Waals surface area contributed by atoms with Crippen LogP contribution in [0.4, 0.5) is 0 Å². The lowest BCUT2D eigenvalue weighted by Crippen LogP contribution is -2.46. The molecule has 0 aromatic rings. The van der Waals surface area contributed by atoms with Gasteiger partial charge in [-0.1, -0.05) is 13.3 Å². The molecule has 0 amide bonds. The van der Waals surface area contributed by atoms with E-state index in [9.17, 15) is 0 Å². The van der Waals surface area contributed by atoms with E-state index in [1.165, 1.54) is 18.6 Å². The van der Waals surface area contributed by atoms with E-state index in [-0.39, 0.29) is 0 Å². The van der Waals surface area contributed by atoms with Gasteiger partial charge in [0.15, 0.2) is 0 Å². The number of aliphatic imine (C=N–C) groups is 1. The molecule has 0 aliphatic heterocycles. The predicted molar refractivity (Wildman–Crippen MR) is 87.6 cm³/mol. The van der Waals surface area contributed by atoms with Crippen LogP contribution < -0.4 is 0 Å². The maximum Gasteiger partial charge on any atom is 0.500 e. The Morgan fingerprint density at radius 2 is 1.45 bits per heavy atom. The van der Waals surface area contributed by atoms with Crippen molar-refractivity contribution in [1.82, 2.24) is 0 Å². The van der Waals surface area contributed by atoms with E-state index < -0.39 is 8.80 Å². The Bertz CT molecular complexity index is 242. The van der Waals surface area contributed by atoms with E-state index in [4.69, 9.17) is 13.3 Å². The maximum absolute atomic E-state index is 5.83. The Hall–Kier alpha value is -0.233. The van der Waals surface area contributed by atoms with Crippen molar-refractivity contribution in [3.05, 3.63) is 0 Å². The normalized spacial score (nSPS) is 12.9. The monoisotopic (exact) mass is 303 g/mol. The van der Waals surface area contributed by atoms with Crippen LogP contribution in [0.15, 0.2) is 4.99 Å². The Morgan fingerprint density at radius 3 is 1.90 bits per heavy atom. The summed E-state index contributed by atoms with van der Waals surface area (Å²) >= 11 is 0. The summed E-state index contributed by atoms with van der Waals surface area (Å²) in [5.74, 6) is 0. The van der Waals surface area contributed by atoms with Gasteiger partial charge in [0, 0.05) is 38.1 Å². The third kappa shape index (κ3) is 8.84. The van der Waals surface area contributed by atoms with E-state index in [0.717, 1.165) is 25.4 Å². The Kier molecular flexibility index (Phi) is 12.4. The Labute approximate surface area is 126 Å². The summed E-state index contributed by atoms with van der Waals surface area (Å²) in [5.41, 5.74) is 1.25. The molecule has 0 bridgehead atoms. The summed E-state index contributed by atoms with van der Waals surface area (Å²) in [5, 5.41) is 0. The lowest BCUT2D eigenvalue weighted by atomic mass is 10.2. The molecule has 0 spiro atoms. The van der Waals surface area contributed by atoms with Gasteiger partial charge >= 0.3 is 8.80 Å². The lowest BCUT2D eigenvalue weighted by molar-refractivity contribution is 0.0710. The van der Waals surface area contributed by atoms with E-state index in [1.54, 1.807) is 0 Å². The summed E-state index contributed by atoms with van der Waals surface area (Å²) in [6.07, 6.45) is 4.53. The molecule has 0 N–H and O–H groups in total. The van der Waals surface area contributed by atoms with Crippen molar-refractivity contribution in [1.29, 1.82) is 0 Å². The smallest absolute Gasteiger partial charge is 0.374 e. The highest BCUT2D eigenvalue weighted by molar-refractivity contribution is 6.60. The van der Waals surface area contributed by atoms with Crippen LogP contribution in [0.25, 0.3) is 0 Å². The fourth-order valence-corrected chi connectivity index (χ4v) is 4.67. The first-order valence-electron chi connectivity index (χ1n) is 8.05. The molecule has 0 aromatic carbocycles. The van der Waals surface area contributed by atoms with Crippen molar-refractivity contribution in [2.24, 2.45) is 4.99 Å². The van der Waals surface area contributed by atoms with Crippen molar-refractivity contribution < 1.29 is 13.3 Å². The van der Waals surface area contributed by atoms with Crippen LogP contribution in [-0.4, -0.2) is 40.9 Å². The zero-order chi connectivity index (χ0) is 15.3. The molecular weight excluding hydrogens is 270 g/mol. The summed E-state index contributed by atoms with van der Waals surface area (Å²) in [7, 11) is -2.46. The number of unbranched alkanes of at least 4 members (excludes halogenated alkanes) is 1. The SMILES string of the molecule is CCCC/C(C)=N\CCC[Si](OCC)(OCC)OCC. The maximum atomic E-state index is 5.83. The minimum Gasteiger partial charge on any atom is -0.374 e. The van der Waals surface area contributed by atoms with Crippen molar-refractivity contribution in [3.8, 4) is 0 Å². The quantitative estimate of drug-likeness (QED) is 0.292. The molecule has 0 rings (SSSR count). The zero-order valence-electron chi connectivity index (χ0n) is 14.0. The highest BCUT2D eigenvalue weighted by atomic mass is 28.4. The van der Waals surface area contributed by atoms with E-state index >= 15 is 0 Å². The minimum atomic E-state index is -2.46. The van der Waals surface area contributed by atoms with Crippen LogP contribution in [0.5, 0.6) is 0 Å². The summed E-state index contributed by atoms with van der Waals surface area (Å²) < 4.78 is 17.5. The summed E-state index contributed by atoms with van der Waals surface area (Å²) in [4.78, 5) is 4.62. The first kappa shape index (κ1) is 19.8. The van der Waals surface area contributed by atoms with Gasteiger partial charge in [-0.05, 0) is 47.0 Å². The molecule has 0 radical (unpaired) electrons. The first-order chi connectivity index (χ1) is 9.64. The average Bonchev–Trinajstić information content (AvgIpc) is 2.42. The van der Waals surface area contributed by atoms with Gasteiger partial charge < -0.3 is 13.3 Å². The molecule has 0 aliphatic rings. The second kappa shape index (κ2) is 12.5. The highest BCUT2D eigenvalue weighted by Gasteiger charge is 2.39. The van der Waals surface area contributed by atoms with Crippen molar-refractivity contribution in [2.75, 3.05) is 26.4 Å². The molecule has 0 atom stereocenters. The fraction of sp³-hybridized carbons (Fsp3) is 0.933. The van der Waals surface area contributed by atoms with Crippen molar-refractivity contribution in [2.45, 2.75) is 66.3 Å². The summed E-state index contributed by atoms with van der Waals surface area (Å²) in [6, 6.07) is 0.854. The Morgan fingerprint density at radius 1 is 0.900 bits per heavy atom. The van der Waals surface area contributed by atoms with Crippen molar-refractivity contribution >= 4 is 14.5 Å². The molecule has 0 saturated heterocycles. The minimum absolute atomic E-state index is 0.644. The highest BCUT2D eigenvalue weighted by Crippen LogP contribution is 2.18. The number of nitrogens with zero attached hydrogens (tertiary/aromatic N) is 1. The van der Waals surface area contributed by atoms with Crippen LogP contribution in [-0.2, 0) is 13.3 Å². The van der Waals surface area contributed by atoms with Gasteiger partial charge in [0.2, 0.25) is 0 Å². The van der Waals surface area contributed by atoms with Gasteiger partial charge in [-0.2, -0.15) is 0 Å². The van der Waals surface area contributed by atoms with E-state index in [2.05, 4.69) is 18.8 Å². The number of rotatable bonds is 13. The molecule has 0 aromatic heterocycles. The second-order valence-corrected chi connectivity index (χ2v) is 7.54. The van der Waals surface area contributed by atoms with Crippen LogP contribution in [0.1, 0.15) is 60.3 Å². The van der Waals surface area contributed by atoms with Gasteiger partial charge in [0.25, 0.3) is 0 Å². The van der Waals surface area contributed by atoms with Crippen LogP contribution in [0, 0.1) is 0 Å². The molecule has 0 aliphatic carbocycles. The zero-order valence-corrected chi connectivity index (χ0v) is 15.0. The van der Waals surface area contributed by atoms with E-state index in [0.29, 0.717) is 19.8 Å². The topological polar surface area (TPSA) is 40.0 Å². The molecule has 0 unspecified atom stereocenters. The largest absolute Gasteiger partial charge is 0.500 e. The number of hydrogen-bond acceptors (Lipinski definition) is 4. The van der Waals surface area contributed by atoms with Crippen LogP contribution in [0.3, 0.4) is 0 Å². The van der Waals surface area contributed by atoms with E-state index in [1.807, 2.05) is 20.8 Å². The average molecular weight is 304 g/mol. The molecule has 0 saturated carbocycles. The predicted octanol–water partition coefficient (Wildman–Crippen LogP) is 4.08. The van der Waals surface area contributed by atoms with Crippen LogP contribution >= 0.6 is 0 Å². The Balaban J connectivity index is 4.24. The molecule has 20 heavy (non-hydrogen) atoms. The molecule has 120 valence electrons. The molecule has 0 fully saturated rings. The molecule has 5 heteroatoms.